The van der Waals surface area contributed by atoms with Gasteiger partial charge in [-0.1, -0.05) is 62.9 Å². The van der Waals surface area contributed by atoms with Gasteiger partial charge in [-0.25, -0.2) is 0 Å². The molecule has 1 aliphatic heterocycles. The molecule has 0 spiro atoms. The first-order chi connectivity index (χ1) is 10.2. The van der Waals surface area contributed by atoms with E-state index in [9.17, 15) is 0 Å². The third-order valence-corrected chi connectivity index (χ3v) is 4.89. The normalized spacial score (nSPS) is 26.9. The van der Waals surface area contributed by atoms with Crippen molar-refractivity contribution in [2.75, 3.05) is 19.6 Å². The summed E-state index contributed by atoms with van der Waals surface area (Å²) >= 11 is 0. The number of piperazine rings is 1. The van der Waals surface area contributed by atoms with Gasteiger partial charge < -0.3 is 5.32 Å². The Morgan fingerprint density at radius 1 is 1.14 bits per heavy atom. The molecule has 0 aliphatic carbocycles. The second kappa shape index (κ2) is 7.95. The van der Waals surface area contributed by atoms with Crippen LogP contribution in [-0.2, 0) is 5.54 Å². The molecule has 0 radical (unpaired) electrons. The molecule has 1 fully saturated rings. The van der Waals surface area contributed by atoms with Gasteiger partial charge in [0.2, 0.25) is 0 Å². The Labute approximate surface area is 130 Å². The fourth-order valence-corrected chi connectivity index (χ4v) is 3.34. The molecule has 1 N–H and O–H groups in total. The van der Waals surface area contributed by atoms with E-state index in [1.54, 1.807) is 0 Å². The Bertz CT molecular complexity index is 403. The lowest BCUT2D eigenvalue weighted by atomic mass is 9.88. The summed E-state index contributed by atoms with van der Waals surface area (Å²) in [5.41, 5.74) is 1.50. The molecule has 0 saturated carbocycles. The average Bonchev–Trinajstić information content (AvgIpc) is 2.51. The summed E-state index contributed by atoms with van der Waals surface area (Å²) in [5.74, 6) is 0. The van der Waals surface area contributed by atoms with Gasteiger partial charge in [0.15, 0.2) is 0 Å². The molecule has 2 rings (SSSR count). The van der Waals surface area contributed by atoms with Crippen molar-refractivity contribution in [2.45, 2.75) is 64.5 Å². The van der Waals surface area contributed by atoms with Gasteiger partial charge in [0.05, 0.1) is 5.54 Å². The van der Waals surface area contributed by atoms with Crippen molar-refractivity contribution in [3.8, 4) is 0 Å². The maximum Gasteiger partial charge on any atom is 0.0535 e. The van der Waals surface area contributed by atoms with E-state index in [-0.39, 0.29) is 5.54 Å². The number of rotatable bonds is 7. The van der Waals surface area contributed by atoms with E-state index >= 15 is 0 Å². The molecule has 1 saturated heterocycles. The van der Waals surface area contributed by atoms with Crippen molar-refractivity contribution in [1.29, 1.82) is 0 Å². The highest BCUT2D eigenvalue weighted by Gasteiger charge is 2.34. The maximum absolute atomic E-state index is 3.76. The first kappa shape index (κ1) is 16.5. The van der Waals surface area contributed by atoms with Crippen molar-refractivity contribution < 1.29 is 0 Å². The van der Waals surface area contributed by atoms with Gasteiger partial charge in [-0.15, -0.1) is 0 Å². The quantitative estimate of drug-likeness (QED) is 0.758. The van der Waals surface area contributed by atoms with Crippen LogP contribution in [0.2, 0.25) is 0 Å². The van der Waals surface area contributed by atoms with Gasteiger partial charge in [0.1, 0.15) is 0 Å². The molecule has 1 aliphatic rings. The molecule has 1 aromatic rings. The molecule has 2 heteroatoms. The lowest BCUT2D eigenvalue weighted by Gasteiger charge is -2.45. The van der Waals surface area contributed by atoms with E-state index in [0.717, 1.165) is 13.1 Å². The monoisotopic (exact) mass is 288 g/mol. The number of hydrogen-bond donors (Lipinski definition) is 1. The minimum Gasteiger partial charge on any atom is -0.305 e. The molecule has 2 nitrogen and oxygen atoms in total. The van der Waals surface area contributed by atoms with Crippen LogP contribution in [0.25, 0.3) is 0 Å². The van der Waals surface area contributed by atoms with Crippen LogP contribution in [0.5, 0.6) is 0 Å². The molecule has 1 heterocycles. The van der Waals surface area contributed by atoms with Crippen LogP contribution in [0.3, 0.4) is 0 Å². The lowest BCUT2D eigenvalue weighted by molar-refractivity contribution is 0.0927. The maximum atomic E-state index is 3.76. The van der Waals surface area contributed by atoms with Gasteiger partial charge in [0, 0.05) is 19.1 Å². The highest BCUT2D eigenvalue weighted by atomic mass is 15.2. The van der Waals surface area contributed by atoms with E-state index in [1.165, 1.54) is 44.2 Å². The Hall–Kier alpha value is -0.860. The summed E-state index contributed by atoms with van der Waals surface area (Å²) in [6.07, 6.45) is 6.84. The standard InChI is InChI=1S/C19H32N2/c1-4-5-6-7-11-14-21-16-19(3,20-15-17(21)2)18-12-9-8-10-13-18/h8-10,12-13,17,20H,4-7,11,14-16H2,1-3H3. The summed E-state index contributed by atoms with van der Waals surface area (Å²) < 4.78 is 0. The SMILES string of the molecule is CCCCCCCN1CC(C)(c2ccccc2)NCC1C. The van der Waals surface area contributed by atoms with E-state index in [2.05, 4.69) is 61.3 Å². The molecule has 0 aromatic heterocycles. The fourth-order valence-electron chi connectivity index (χ4n) is 3.34. The van der Waals surface area contributed by atoms with Gasteiger partial charge in [-0.3, -0.25) is 4.90 Å². The van der Waals surface area contributed by atoms with Crippen molar-refractivity contribution in [3.05, 3.63) is 35.9 Å². The summed E-state index contributed by atoms with van der Waals surface area (Å²) in [5, 5.41) is 3.76. The predicted octanol–water partition coefficient (Wildman–Crippen LogP) is 4.17. The zero-order valence-electron chi connectivity index (χ0n) is 14.1. The Morgan fingerprint density at radius 2 is 1.86 bits per heavy atom. The molecule has 2 atom stereocenters. The first-order valence-electron chi connectivity index (χ1n) is 8.70. The van der Waals surface area contributed by atoms with Crippen LogP contribution in [0.15, 0.2) is 30.3 Å². The zero-order chi connectivity index (χ0) is 15.1. The summed E-state index contributed by atoms with van der Waals surface area (Å²) in [7, 11) is 0. The number of nitrogens with one attached hydrogen (secondary N) is 1. The second-order valence-corrected chi connectivity index (χ2v) is 6.81. The minimum atomic E-state index is 0.0944. The average molecular weight is 288 g/mol. The van der Waals surface area contributed by atoms with Crippen LogP contribution in [0.4, 0.5) is 0 Å². The molecule has 0 bridgehead atoms. The first-order valence-corrected chi connectivity index (χ1v) is 8.70. The Kier molecular flexibility index (Phi) is 6.25. The third-order valence-electron chi connectivity index (χ3n) is 4.89. The number of nitrogens with zero attached hydrogens (tertiary/aromatic N) is 1. The molecular weight excluding hydrogens is 256 g/mol. The highest BCUT2D eigenvalue weighted by molar-refractivity contribution is 5.25. The molecule has 118 valence electrons. The van der Waals surface area contributed by atoms with Crippen LogP contribution < -0.4 is 5.32 Å². The molecule has 21 heavy (non-hydrogen) atoms. The molecule has 0 amide bonds. The van der Waals surface area contributed by atoms with Crippen LogP contribution in [0, 0.1) is 0 Å². The zero-order valence-corrected chi connectivity index (χ0v) is 14.1. The number of hydrogen-bond acceptors (Lipinski definition) is 2. The van der Waals surface area contributed by atoms with Crippen LogP contribution >= 0.6 is 0 Å². The summed E-state index contributed by atoms with van der Waals surface area (Å²) in [6.45, 7) is 10.4. The van der Waals surface area contributed by atoms with E-state index in [1.807, 2.05) is 0 Å². The smallest absolute Gasteiger partial charge is 0.0535 e. The van der Waals surface area contributed by atoms with Gasteiger partial charge >= 0.3 is 0 Å². The van der Waals surface area contributed by atoms with Crippen molar-refractivity contribution >= 4 is 0 Å². The third kappa shape index (κ3) is 4.55. The predicted molar refractivity (Wildman–Crippen MR) is 91.6 cm³/mol. The summed E-state index contributed by atoms with van der Waals surface area (Å²) in [4.78, 5) is 2.68. The molecule has 1 aromatic carbocycles. The van der Waals surface area contributed by atoms with Crippen molar-refractivity contribution in [2.24, 2.45) is 0 Å². The number of benzene rings is 1. The van der Waals surface area contributed by atoms with E-state index in [4.69, 9.17) is 0 Å². The van der Waals surface area contributed by atoms with Crippen molar-refractivity contribution in [3.63, 3.8) is 0 Å². The van der Waals surface area contributed by atoms with Crippen molar-refractivity contribution in [1.82, 2.24) is 10.2 Å². The Balaban J connectivity index is 1.90. The largest absolute Gasteiger partial charge is 0.305 e. The fraction of sp³-hybridized carbons (Fsp3) is 0.684. The van der Waals surface area contributed by atoms with E-state index < -0.39 is 0 Å². The van der Waals surface area contributed by atoms with E-state index in [0.29, 0.717) is 6.04 Å². The Morgan fingerprint density at radius 3 is 2.57 bits per heavy atom. The second-order valence-electron chi connectivity index (χ2n) is 6.81. The van der Waals surface area contributed by atoms with Gasteiger partial charge in [-0.2, -0.15) is 0 Å². The highest BCUT2D eigenvalue weighted by Crippen LogP contribution is 2.26. The van der Waals surface area contributed by atoms with Gasteiger partial charge in [-0.05, 0) is 32.4 Å². The lowest BCUT2D eigenvalue weighted by Crippen LogP contribution is -2.60. The van der Waals surface area contributed by atoms with Gasteiger partial charge in [0.25, 0.3) is 0 Å². The molecular formula is C19H32N2. The van der Waals surface area contributed by atoms with Crippen LogP contribution in [-0.4, -0.2) is 30.6 Å². The molecule has 2 unspecified atom stereocenters. The topological polar surface area (TPSA) is 15.3 Å². The minimum absolute atomic E-state index is 0.0944. The number of unbranched alkanes of at least 4 members (excludes halogenated alkanes) is 4. The summed E-state index contributed by atoms with van der Waals surface area (Å²) in [6, 6.07) is 11.5. The van der Waals surface area contributed by atoms with Crippen LogP contribution in [0.1, 0.15) is 58.4 Å².